The number of pyridine rings is 1. The van der Waals surface area contributed by atoms with Gasteiger partial charge in [-0.25, -0.2) is 0 Å². The maximum Gasteiger partial charge on any atom is 0.263 e. The van der Waals surface area contributed by atoms with Crippen LogP contribution in [0.2, 0.25) is 0 Å². The second-order valence-corrected chi connectivity index (χ2v) is 6.12. The first-order chi connectivity index (χ1) is 10.1. The van der Waals surface area contributed by atoms with Gasteiger partial charge in [0.15, 0.2) is 0 Å². The van der Waals surface area contributed by atoms with Crippen LogP contribution in [0, 0.1) is 5.92 Å². The lowest BCUT2D eigenvalue weighted by molar-refractivity contribution is 0.0570. The van der Waals surface area contributed by atoms with Gasteiger partial charge in [-0.2, -0.15) is 0 Å². The second kappa shape index (κ2) is 5.52. The van der Waals surface area contributed by atoms with Crippen molar-refractivity contribution in [2.75, 3.05) is 0 Å². The predicted molar refractivity (Wildman–Crippen MR) is 81.9 cm³/mol. The molecule has 0 saturated heterocycles. The van der Waals surface area contributed by atoms with Crippen molar-refractivity contribution < 1.29 is 9.59 Å². The molecule has 1 unspecified atom stereocenters. The Balaban J connectivity index is 1.96. The van der Waals surface area contributed by atoms with E-state index < -0.39 is 6.04 Å². The Labute approximate surface area is 128 Å². The molecule has 1 aromatic rings. The molecular weight excluding hydrogens is 286 g/mol. The van der Waals surface area contributed by atoms with Crippen LogP contribution in [0.4, 0.5) is 0 Å². The number of carbonyl (C=O) groups is 2. The molecule has 1 aromatic heterocycles. The highest BCUT2D eigenvalue weighted by Gasteiger charge is 2.44. The van der Waals surface area contributed by atoms with Gasteiger partial charge in [-0.05, 0) is 24.8 Å². The van der Waals surface area contributed by atoms with Crippen LogP contribution in [0.25, 0.3) is 0 Å². The summed E-state index contributed by atoms with van der Waals surface area (Å²) in [6, 6.07) is 1.10. The summed E-state index contributed by atoms with van der Waals surface area (Å²) < 4.78 is 0. The fourth-order valence-corrected chi connectivity index (χ4v) is 3.67. The number of imide groups is 1. The van der Waals surface area contributed by atoms with Gasteiger partial charge in [0.2, 0.25) is 0 Å². The van der Waals surface area contributed by atoms with Crippen LogP contribution < -0.4 is 5.73 Å². The topological polar surface area (TPSA) is 76.3 Å². The van der Waals surface area contributed by atoms with E-state index >= 15 is 0 Å². The summed E-state index contributed by atoms with van der Waals surface area (Å²) in [7, 11) is 0. The molecule has 2 aliphatic rings. The van der Waals surface area contributed by atoms with Crippen molar-refractivity contribution in [3.63, 3.8) is 0 Å². The summed E-state index contributed by atoms with van der Waals surface area (Å²) in [4.78, 5) is 30.5. The number of amides is 2. The van der Waals surface area contributed by atoms with Crippen LogP contribution in [-0.2, 0) is 0 Å². The Morgan fingerprint density at radius 3 is 2.52 bits per heavy atom. The molecule has 2 heterocycles. The average molecular weight is 303 g/mol. The fraction of sp³-hybridized carbons (Fsp3) is 0.467. The first-order valence-electron chi connectivity index (χ1n) is 7.22. The molecule has 3 rings (SSSR count). The summed E-state index contributed by atoms with van der Waals surface area (Å²) in [5, 5.41) is 0. The number of fused-ring (bicyclic) bond motifs is 1. The number of nitrogens with two attached hydrogens (primary N) is 1. The highest BCUT2D eigenvalue weighted by atomic mass is 32.1. The van der Waals surface area contributed by atoms with E-state index in [0.29, 0.717) is 11.1 Å². The molecule has 1 aliphatic heterocycles. The number of thiocarbonyl (C=S) groups is 1. The minimum Gasteiger partial charge on any atom is -0.392 e. The minimum absolute atomic E-state index is 0.173. The van der Waals surface area contributed by atoms with E-state index in [1.165, 1.54) is 23.7 Å². The molecule has 2 amide bonds. The molecule has 1 saturated carbocycles. The Bertz CT molecular complexity index is 576. The monoisotopic (exact) mass is 303 g/mol. The third-order valence-corrected chi connectivity index (χ3v) is 4.63. The second-order valence-electron chi connectivity index (χ2n) is 5.65. The van der Waals surface area contributed by atoms with Crippen LogP contribution in [0.3, 0.4) is 0 Å². The molecule has 1 atom stereocenters. The molecule has 0 bridgehead atoms. The molecule has 0 aromatic carbocycles. The lowest BCUT2D eigenvalue weighted by atomic mass is 9.83. The van der Waals surface area contributed by atoms with E-state index in [0.717, 1.165) is 25.7 Å². The zero-order valence-corrected chi connectivity index (χ0v) is 12.4. The summed E-state index contributed by atoms with van der Waals surface area (Å²) in [5.41, 5.74) is 6.62. The van der Waals surface area contributed by atoms with Crippen molar-refractivity contribution in [1.29, 1.82) is 0 Å². The molecule has 1 aliphatic carbocycles. The van der Waals surface area contributed by atoms with Gasteiger partial charge in [0.25, 0.3) is 11.8 Å². The summed E-state index contributed by atoms with van der Waals surface area (Å²) in [6.07, 6.45) is 8.23. The lowest BCUT2D eigenvalue weighted by Gasteiger charge is -2.34. The van der Waals surface area contributed by atoms with Crippen molar-refractivity contribution in [2.45, 2.75) is 38.1 Å². The fourth-order valence-electron chi connectivity index (χ4n) is 3.38. The van der Waals surface area contributed by atoms with Crippen molar-refractivity contribution in [3.8, 4) is 0 Å². The highest BCUT2D eigenvalue weighted by molar-refractivity contribution is 7.80. The van der Waals surface area contributed by atoms with E-state index in [2.05, 4.69) is 4.98 Å². The van der Waals surface area contributed by atoms with E-state index in [1.807, 2.05) is 0 Å². The normalized spacial score (nSPS) is 20.5. The van der Waals surface area contributed by atoms with Gasteiger partial charge in [0, 0.05) is 12.4 Å². The Morgan fingerprint density at radius 2 is 1.90 bits per heavy atom. The SMILES string of the molecule is NC(=S)C(C1CCCCC1)N1C(=O)c2ccncc2C1=O. The van der Waals surface area contributed by atoms with Gasteiger partial charge in [0.05, 0.1) is 22.2 Å². The molecule has 6 heteroatoms. The Morgan fingerprint density at radius 1 is 1.24 bits per heavy atom. The molecule has 0 spiro atoms. The van der Waals surface area contributed by atoms with Gasteiger partial charge < -0.3 is 5.73 Å². The standard InChI is InChI=1S/C15H17N3O2S/c16-13(21)12(9-4-2-1-3-5-9)18-14(19)10-6-7-17-8-11(10)15(18)20/h6-9,12H,1-5H2,(H2,16,21). The van der Waals surface area contributed by atoms with E-state index in [4.69, 9.17) is 18.0 Å². The third-order valence-electron chi connectivity index (χ3n) is 4.39. The zero-order valence-electron chi connectivity index (χ0n) is 11.6. The van der Waals surface area contributed by atoms with Crippen LogP contribution in [0.1, 0.15) is 52.8 Å². The summed E-state index contributed by atoms with van der Waals surface area (Å²) in [6.45, 7) is 0. The number of nitrogens with zero attached hydrogens (tertiary/aromatic N) is 2. The van der Waals surface area contributed by atoms with Crippen molar-refractivity contribution in [3.05, 3.63) is 29.6 Å². The van der Waals surface area contributed by atoms with Crippen LogP contribution in [0.15, 0.2) is 18.5 Å². The van der Waals surface area contributed by atoms with Crippen LogP contribution in [0.5, 0.6) is 0 Å². The summed E-state index contributed by atoms with van der Waals surface area (Å²) >= 11 is 5.17. The van der Waals surface area contributed by atoms with Crippen LogP contribution >= 0.6 is 12.2 Å². The Hall–Kier alpha value is -1.82. The predicted octanol–water partition coefficient (Wildman–Crippen LogP) is 1.91. The molecule has 110 valence electrons. The third kappa shape index (κ3) is 2.33. The zero-order chi connectivity index (χ0) is 15.0. The first-order valence-corrected chi connectivity index (χ1v) is 7.63. The minimum atomic E-state index is -0.479. The maximum absolute atomic E-state index is 12.6. The molecule has 1 fully saturated rings. The maximum atomic E-state index is 12.6. The van der Waals surface area contributed by atoms with Gasteiger partial charge in [-0.15, -0.1) is 0 Å². The van der Waals surface area contributed by atoms with Crippen molar-refractivity contribution >= 4 is 29.0 Å². The summed E-state index contributed by atoms with van der Waals surface area (Å²) in [5.74, 6) is -0.460. The van der Waals surface area contributed by atoms with Gasteiger partial charge in [-0.3, -0.25) is 19.5 Å². The average Bonchev–Trinajstić information content (AvgIpc) is 2.74. The van der Waals surface area contributed by atoms with Crippen molar-refractivity contribution in [2.24, 2.45) is 11.7 Å². The van der Waals surface area contributed by atoms with E-state index in [1.54, 1.807) is 6.07 Å². The van der Waals surface area contributed by atoms with E-state index in [-0.39, 0.29) is 22.7 Å². The van der Waals surface area contributed by atoms with Crippen molar-refractivity contribution in [1.82, 2.24) is 9.88 Å². The molecular formula is C15H17N3O2S. The smallest absolute Gasteiger partial charge is 0.263 e. The molecule has 0 radical (unpaired) electrons. The molecule has 5 nitrogen and oxygen atoms in total. The largest absolute Gasteiger partial charge is 0.392 e. The lowest BCUT2D eigenvalue weighted by Crippen LogP contribution is -2.51. The van der Waals surface area contributed by atoms with E-state index in [9.17, 15) is 9.59 Å². The first kappa shape index (κ1) is 14.1. The number of hydrogen-bond acceptors (Lipinski definition) is 4. The number of carbonyl (C=O) groups excluding carboxylic acids is 2. The number of hydrogen-bond donors (Lipinski definition) is 1. The number of aromatic nitrogens is 1. The molecule has 21 heavy (non-hydrogen) atoms. The molecule has 2 N–H and O–H groups in total. The number of rotatable bonds is 3. The van der Waals surface area contributed by atoms with Gasteiger partial charge >= 0.3 is 0 Å². The highest BCUT2D eigenvalue weighted by Crippen LogP contribution is 2.33. The van der Waals surface area contributed by atoms with Crippen LogP contribution in [-0.4, -0.2) is 32.7 Å². The quantitative estimate of drug-likeness (QED) is 0.682. The Kier molecular flexibility index (Phi) is 3.71. The van der Waals surface area contributed by atoms with Gasteiger partial charge in [0.1, 0.15) is 0 Å². The van der Waals surface area contributed by atoms with Gasteiger partial charge in [-0.1, -0.05) is 31.5 Å².